The first-order valence-electron chi connectivity index (χ1n) is 4.26. The van der Waals surface area contributed by atoms with Crippen LogP contribution in [0.1, 0.15) is 34.3 Å². The normalized spacial score (nSPS) is 16.8. The molecule has 0 unspecified atom stereocenters. The van der Waals surface area contributed by atoms with Crippen molar-refractivity contribution in [1.29, 1.82) is 0 Å². The van der Waals surface area contributed by atoms with Crippen LogP contribution in [0.5, 0.6) is 0 Å². The highest BCUT2D eigenvalue weighted by Crippen LogP contribution is 2.42. The molecule has 1 heterocycles. The van der Waals surface area contributed by atoms with Gasteiger partial charge in [0, 0.05) is 17.9 Å². The maximum atomic E-state index is 5.04. The minimum absolute atomic E-state index is 0.665. The number of ether oxygens (including phenoxy) is 1. The number of aromatic nitrogens is 1. The van der Waals surface area contributed by atoms with Gasteiger partial charge in [0.1, 0.15) is 5.01 Å². The Morgan fingerprint density at radius 3 is 2.92 bits per heavy atom. The molecular weight excluding hydrogens is 170 g/mol. The fourth-order valence-electron chi connectivity index (χ4n) is 1.39. The van der Waals surface area contributed by atoms with Gasteiger partial charge in [-0.3, -0.25) is 0 Å². The number of methoxy groups -OCH3 is 1. The van der Waals surface area contributed by atoms with Crippen molar-refractivity contribution in [3.8, 4) is 0 Å². The fourth-order valence-corrected chi connectivity index (χ4v) is 2.38. The van der Waals surface area contributed by atoms with Gasteiger partial charge in [0.25, 0.3) is 0 Å². The van der Waals surface area contributed by atoms with Gasteiger partial charge in [-0.05, 0) is 19.8 Å². The molecule has 0 bridgehead atoms. The van der Waals surface area contributed by atoms with E-state index in [4.69, 9.17) is 4.74 Å². The lowest BCUT2D eigenvalue weighted by Gasteiger charge is -1.90. The van der Waals surface area contributed by atoms with Crippen molar-refractivity contribution >= 4 is 11.3 Å². The SMILES string of the molecule is COCc1nc(C2CC2)c(C)s1. The van der Waals surface area contributed by atoms with Crippen molar-refractivity contribution in [1.82, 2.24) is 4.98 Å². The lowest BCUT2D eigenvalue weighted by molar-refractivity contribution is 0.184. The summed E-state index contributed by atoms with van der Waals surface area (Å²) in [5, 5.41) is 1.12. The second-order valence-electron chi connectivity index (χ2n) is 3.26. The van der Waals surface area contributed by atoms with Gasteiger partial charge in [-0.15, -0.1) is 11.3 Å². The van der Waals surface area contributed by atoms with E-state index in [1.165, 1.54) is 23.4 Å². The van der Waals surface area contributed by atoms with E-state index in [-0.39, 0.29) is 0 Å². The lowest BCUT2D eigenvalue weighted by Crippen LogP contribution is -1.87. The van der Waals surface area contributed by atoms with Crippen LogP contribution in [-0.4, -0.2) is 12.1 Å². The molecule has 0 saturated heterocycles. The van der Waals surface area contributed by atoms with E-state index in [2.05, 4.69) is 11.9 Å². The molecule has 0 aromatic carbocycles. The molecule has 3 heteroatoms. The number of thiazole rings is 1. The second-order valence-corrected chi connectivity index (χ2v) is 4.54. The molecule has 0 amide bonds. The lowest BCUT2D eigenvalue weighted by atomic mass is 10.3. The highest BCUT2D eigenvalue weighted by Gasteiger charge is 2.28. The number of hydrogen-bond donors (Lipinski definition) is 0. The van der Waals surface area contributed by atoms with Crippen molar-refractivity contribution in [3.63, 3.8) is 0 Å². The van der Waals surface area contributed by atoms with Gasteiger partial charge in [-0.2, -0.15) is 0 Å². The molecule has 0 N–H and O–H groups in total. The zero-order valence-corrected chi connectivity index (χ0v) is 8.28. The first kappa shape index (κ1) is 8.20. The van der Waals surface area contributed by atoms with E-state index < -0.39 is 0 Å². The summed E-state index contributed by atoms with van der Waals surface area (Å²) in [6.45, 7) is 2.82. The zero-order chi connectivity index (χ0) is 8.55. The predicted octanol–water partition coefficient (Wildman–Crippen LogP) is 2.48. The standard InChI is InChI=1S/C9H13NOS/c1-6-9(7-3-4-7)10-8(12-6)5-11-2/h7H,3-5H2,1-2H3. The van der Waals surface area contributed by atoms with Gasteiger partial charge in [0.05, 0.1) is 12.3 Å². The van der Waals surface area contributed by atoms with Crippen molar-refractivity contribution in [2.45, 2.75) is 32.3 Å². The Balaban J connectivity index is 2.18. The number of aryl methyl sites for hydroxylation is 1. The summed E-state index contributed by atoms with van der Waals surface area (Å²) in [6.07, 6.45) is 2.66. The quantitative estimate of drug-likeness (QED) is 0.718. The summed E-state index contributed by atoms with van der Waals surface area (Å²) in [5.41, 5.74) is 1.33. The minimum Gasteiger partial charge on any atom is -0.378 e. The van der Waals surface area contributed by atoms with Gasteiger partial charge < -0.3 is 4.74 Å². The molecule has 12 heavy (non-hydrogen) atoms. The molecule has 1 fully saturated rings. The summed E-state index contributed by atoms with van der Waals surface area (Å²) in [4.78, 5) is 5.93. The topological polar surface area (TPSA) is 22.1 Å². The van der Waals surface area contributed by atoms with Gasteiger partial charge in [-0.1, -0.05) is 0 Å². The van der Waals surface area contributed by atoms with Gasteiger partial charge in [0.15, 0.2) is 0 Å². The van der Waals surface area contributed by atoms with Crippen LogP contribution in [0.15, 0.2) is 0 Å². The molecule has 1 aromatic rings. The molecular formula is C9H13NOS. The Morgan fingerprint density at radius 1 is 1.58 bits per heavy atom. The van der Waals surface area contributed by atoms with Gasteiger partial charge in [-0.25, -0.2) is 4.98 Å². The Labute approximate surface area is 76.6 Å². The zero-order valence-electron chi connectivity index (χ0n) is 7.46. The Kier molecular flexibility index (Phi) is 2.15. The largest absolute Gasteiger partial charge is 0.378 e. The predicted molar refractivity (Wildman–Crippen MR) is 49.5 cm³/mol. The summed E-state index contributed by atoms with van der Waals surface area (Å²) < 4.78 is 5.04. The van der Waals surface area contributed by atoms with Crippen molar-refractivity contribution in [3.05, 3.63) is 15.6 Å². The minimum atomic E-state index is 0.665. The maximum absolute atomic E-state index is 5.04. The third-order valence-corrected chi connectivity index (χ3v) is 3.07. The maximum Gasteiger partial charge on any atom is 0.119 e. The summed E-state index contributed by atoms with van der Waals surface area (Å²) in [6, 6.07) is 0. The van der Waals surface area contributed by atoms with Gasteiger partial charge >= 0.3 is 0 Å². The van der Waals surface area contributed by atoms with E-state index in [9.17, 15) is 0 Å². The summed E-state index contributed by atoms with van der Waals surface area (Å²) >= 11 is 1.77. The van der Waals surface area contributed by atoms with Gasteiger partial charge in [0.2, 0.25) is 0 Å². The van der Waals surface area contributed by atoms with Crippen LogP contribution in [0, 0.1) is 6.92 Å². The smallest absolute Gasteiger partial charge is 0.119 e. The van der Waals surface area contributed by atoms with Crippen LogP contribution >= 0.6 is 11.3 Å². The number of nitrogens with zero attached hydrogens (tertiary/aromatic N) is 1. The van der Waals surface area contributed by atoms with E-state index in [1.807, 2.05) is 0 Å². The molecule has 1 aromatic heterocycles. The highest BCUT2D eigenvalue weighted by molar-refractivity contribution is 7.11. The van der Waals surface area contributed by atoms with Crippen LogP contribution in [-0.2, 0) is 11.3 Å². The molecule has 1 saturated carbocycles. The summed E-state index contributed by atoms with van der Waals surface area (Å²) in [7, 11) is 1.72. The Bertz CT molecular complexity index is 278. The molecule has 1 aliphatic carbocycles. The average molecular weight is 183 g/mol. The van der Waals surface area contributed by atoms with Crippen molar-refractivity contribution in [2.24, 2.45) is 0 Å². The molecule has 2 rings (SSSR count). The number of hydrogen-bond acceptors (Lipinski definition) is 3. The van der Waals surface area contributed by atoms with E-state index >= 15 is 0 Å². The first-order valence-corrected chi connectivity index (χ1v) is 5.08. The van der Waals surface area contributed by atoms with E-state index in [0.717, 1.165) is 10.9 Å². The van der Waals surface area contributed by atoms with Crippen LogP contribution in [0.2, 0.25) is 0 Å². The molecule has 66 valence electrons. The molecule has 0 radical (unpaired) electrons. The third-order valence-electron chi connectivity index (χ3n) is 2.11. The van der Waals surface area contributed by atoms with Crippen LogP contribution in [0.25, 0.3) is 0 Å². The molecule has 0 spiro atoms. The first-order chi connectivity index (χ1) is 5.81. The Hall–Kier alpha value is -0.410. The molecule has 0 aliphatic heterocycles. The highest BCUT2D eigenvalue weighted by atomic mass is 32.1. The third kappa shape index (κ3) is 1.52. The summed E-state index contributed by atoms with van der Waals surface area (Å²) in [5.74, 6) is 0.770. The molecule has 1 aliphatic rings. The Morgan fingerprint density at radius 2 is 2.33 bits per heavy atom. The van der Waals surface area contributed by atoms with Crippen LogP contribution < -0.4 is 0 Å². The fraction of sp³-hybridized carbons (Fsp3) is 0.667. The monoisotopic (exact) mass is 183 g/mol. The van der Waals surface area contributed by atoms with E-state index in [1.54, 1.807) is 18.4 Å². The van der Waals surface area contributed by atoms with Crippen molar-refractivity contribution < 1.29 is 4.74 Å². The van der Waals surface area contributed by atoms with E-state index in [0.29, 0.717) is 6.61 Å². The van der Waals surface area contributed by atoms with Crippen LogP contribution in [0.4, 0.5) is 0 Å². The molecule has 2 nitrogen and oxygen atoms in total. The number of rotatable bonds is 3. The van der Waals surface area contributed by atoms with Crippen molar-refractivity contribution in [2.75, 3.05) is 7.11 Å². The second kappa shape index (κ2) is 3.15. The average Bonchev–Trinajstić information content (AvgIpc) is 2.79. The van der Waals surface area contributed by atoms with Crippen LogP contribution in [0.3, 0.4) is 0 Å². The molecule has 0 atom stereocenters.